The van der Waals surface area contributed by atoms with Gasteiger partial charge < -0.3 is 25.4 Å². The number of nitrogens with zero attached hydrogens (tertiary/aromatic N) is 6. The Balaban J connectivity index is 0.000000268. The molecule has 2 aromatic carbocycles. The van der Waals surface area contributed by atoms with Crippen molar-refractivity contribution in [2.24, 2.45) is 11.8 Å². The molecule has 3 N–H and O–H groups in total. The van der Waals surface area contributed by atoms with Crippen LogP contribution in [-0.4, -0.2) is 67.9 Å². The number of pyridine rings is 2. The quantitative estimate of drug-likeness (QED) is 0.0752. The average Bonchev–Trinajstić information content (AvgIpc) is 3.79. The summed E-state index contributed by atoms with van der Waals surface area (Å²) < 4.78 is 15.3. The number of rotatable bonds is 17. The summed E-state index contributed by atoms with van der Waals surface area (Å²) in [7, 11) is 1.87. The summed E-state index contributed by atoms with van der Waals surface area (Å²) in [6.45, 7) is 14.9. The van der Waals surface area contributed by atoms with Crippen molar-refractivity contribution in [3.05, 3.63) is 140 Å². The zero-order valence-corrected chi connectivity index (χ0v) is 38.1. The van der Waals surface area contributed by atoms with Crippen molar-refractivity contribution in [2.45, 2.75) is 61.2 Å². The molecule has 0 atom stereocenters. The molecule has 0 radical (unpaired) electrons. The van der Waals surface area contributed by atoms with Crippen LogP contribution in [0.1, 0.15) is 87.1 Å². The number of aromatic nitrogens is 6. The van der Waals surface area contributed by atoms with Gasteiger partial charge in [0.05, 0.1) is 26.3 Å². The van der Waals surface area contributed by atoms with Gasteiger partial charge in [0.25, 0.3) is 11.8 Å². The third-order valence-corrected chi connectivity index (χ3v) is 9.34. The number of halogens is 3. The average molecular weight is 905 g/mol. The molecule has 62 heavy (non-hydrogen) atoms. The highest BCUT2D eigenvalue weighted by molar-refractivity contribution is 6.31. The van der Waals surface area contributed by atoms with Gasteiger partial charge in [-0.25, -0.2) is 9.97 Å². The lowest BCUT2D eigenvalue weighted by Crippen LogP contribution is -2.15. The zero-order chi connectivity index (χ0) is 44.1. The molecule has 0 saturated carbocycles. The molecule has 2 amide bonds. The van der Waals surface area contributed by atoms with E-state index in [1.54, 1.807) is 52.0 Å². The summed E-state index contributed by atoms with van der Waals surface area (Å²) in [4.78, 5) is 44.2. The molecule has 4 heterocycles. The van der Waals surface area contributed by atoms with Crippen LogP contribution in [0, 0.1) is 25.7 Å². The zero-order valence-electron chi connectivity index (χ0n) is 35.7. The molecule has 0 saturated heterocycles. The van der Waals surface area contributed by atoms with Crippen molar-refractivity contribution in [3.8, 4) is 11.5 Å². The molecule has 0 fully saturated rings. The lowest BCUT2D eigenvalue weighted by molar-refractivity contribution is 0.101. The Morgan fingerprint density at radius 3 is 1.55 bits per heavy atom. The minimum absolute atomic E-state index is 0. The summed E-state index contributed by atoms with van der Waals surface area (Å²) in [5.74, 6) is 2.45. The number of ether oxygens (including phenoxy) is 2. The van der Waals surface area contributed by atoms with Crippen LogP contribution in [0.3, 0.4) is 0 Å². The highest BCUT2D eigenvalue weighted by Crippen LogP contribution is 2.27. The number of carbonyl (C=O) groups excluding carboxylic acids is 3. The van der Waals surface area contributed by atoms with Gasteiger partial charge in [-0.3, -0.25) is 23.7 Å². The monoisotopic (exact) mass is 903 g/mol. The van der Waals surface area contributed by atoms with Crippen molar-refractivity contribution in [2.75, 3.05) is 30.9 Å². The van der Waals surface area contributed by atoms with Crippen LogP contribution in [0.25, 0.3) is 0 Å². The van der Waals surface area contributed by atoms with Gasteiger partial charge in [0.2, 0.25) is 0 Å². The van der Waals surface area contributed by atoms with E-state index >= 15 is 0 Å². The molecule has 0 aliphatic heterocycles. The SMILES string of the molecule is CNCc1ccc(NC(=O)c2cc(C)n(Cc3cc(Cl)ccc3OCC(C)C)n2)nc1.Cc1cc(C(=O)Nc2ccc(C=O)cn2)nn1Cc1cc(Cl)ccc1OCC(C)C.Cl. The topological polar surface area (TPSA) is 167 Å². The molecule has 6 rings (SSSR count). The number of hydrogen-bond acceptors (Lipinski definition) is 10. The Morgan fingerprint density at radius 2 is 1.16 bits per heavy atom. The van der Waals surface area contributed by atoms with Crippen molar-refractivity contribution < 1.29 is 23.9 Å². The van der Waals surface area contributed by atoms with E-state index in [0.717, 1.165) is 46.1 Å². The maximum absolute atomic E-state index is 12.7. The van der Waals surface area contributed by atoms with Crippen LogP contribution < -0.4 is 25.4 Å². The van der Waals surface area contributed by atoms with Crippen LogP contribution >= 0.6 is 35.6 Å². The van der Waals surface area contributed by atoms with Gasteiger partial charge in [0, 0.05) is 57.1 Å². The minimum atomic E-state index is -0.384. The van der Waals surface area contributed by atoms with Crippen molar-refractivity contribution >= 4 is 65.3 Å². The number of hydrogen-bond donors (Lipinski definition) is 3. The first-order valence-electron chi connectivity index (χ1n) is 19.8. The van der Waals surface area contributed by atoms with Gasteiger partial charge >= 0.3 is 0 Å². The maximum atomic E-state index is 12.7. The van der Waals surface area contributed by atoms with E-state index in [-0.39, 0.29) is 29.9 Å². The van der Waals surface area contributed by atoms with Gasteiger partial charge in [-0.05, 0) is 105 Å². The summed E-state index contributed by atoms with van der Waals surface area (Å²) in [6, 6.07) is 21.3. The fourth-order valence-electron chi connectivity index (χ4n) is 5.74. The Hall–Kier alpha value is -5.80. The number of carbonyl (C=O) groups is 3. The smallest absolute Gasteiger partial charge is 0.277 e. The summed E-state index contributed by atoms with van der Waals surface area (Å²) in [5.41, 5.74) is 5.53. The van der Waals surface area contributed by atoms with Gasteiger partial charge in [0.1, 0.15) is 23.1 Å². The predicted molar refractivity (Wildman–Crippen MR) is 245 cm³/mol. The first-order chi connectivity index (χ1) is 29.2. The van der Waals surface area contributed by atoms with Crippen LogP contribution in [0.4, 0.5) is 11.6 Å². The van der Waals surface area contributed by atoms with E-state index in [2.05, 4.69) is 63.8 Å². The molecular weight excluding hydrogens is 853 g/mol. The van der Waals surface area contributed by atoms with E-state index in [0.29, 0.717) is 77.4 Å². The molecule has 0 spiro atoms. The van der Waals surface area contributed by atoms with Crippen LogP contribution in [0.5, 0.6) is 11.5 Å². The standard InChI is InChI=1S/C23H28ClN5O2.C22H23ClN4O3.ClH/c1-15(2)14-31-21-7-6-19(24)10-18(21)13-29-16(3)9-20(28-29)23(30)27-22-8-5-17(11-25-4)12-26-22;1-14(2)13-30-20-6-5-18(23)9-17(20)11-27-15(3)8-19(26-27)22(29)25-21-7-4-16(12-28)10-24-21;/h5-10,12,15,25H,11,13-14H2,1-4H3,(H,26,27,30);4-10,12,14H,11,13H2,1-3H3,(H,24,25,29);1H. The maximum Gasteiger partial charge on any atom is 0.277 e. The lowest BCUT2D eigenvalue weighted by Gasteiger charge is -2.14. The fourth-order valence-corrected chi connectivity index (χ4v) is 6.13. The Morgan fingerprint density at radius 1 is 0.694 bits per heavy atom. The number of nitrogens with one attached hydrogen (secondary N) is 3. The number of aryl methyl sites for hydroxylation is 2. The molecule has 0 aliphatic carbocycles. The minimum Gasteiger partial charge on any atom is -0.493 e. The number of aldehydes is 1. The molecular formula is C45H52Cl3N9O5. The third kappa shape index (κ3) is 14.4. The largest absolute Gasteiger partial charge is 0.493 e. The normalized spacial score (nSPS) is 10.8. The van der Waals surface area contributed by atoms with E-state index in [1.807, 2.05) is 57.3 Å². The van der Waals surface area contributed by atoms with Crippen molar-refractivity contribution in [3.63, 3.8) is 0 Å². The van der Waals surface area contributed by atoms with E-state index in [1.165, 1.54) is 6.20 Å². The first-order valence-corrected chi connectivity index (χ1v) is 20.5. The predicted octanol–water partition coefficient (Wildman–Crippen LogP) is 9.10. The molecule has 14 nitrogen and oxygen atoms in total. The molecule has 0 bridgehead atoms. The van der Waals surface area contributed by atoms with Crippen LogP contribution in [0.2, 0.25) is 10.0 Å². The highest BCUT2D eigenvalue weighted by Gasteiger charge is 2.17. The van der Waals surface area contributed by atoms with Gasteiger partial charge in [-0.1, -0.05) is 57.0 Å². The summed E-state index contributed by atoms with van der Waals surface area (Å²) >= 11 is 12.4. The summed E-state index contributed by atoms with van der Waals surface area (Å²) in [5, 5.41) is 18.7. The fraction of sp³-hybridized carbons (Fsp3) is 0.311. The Bertz CT molecular complexity index is 2420. The Labute approximate surface area is 378 Å². The van der Waals surface area contributed by atoms with Crippen LogP contribution in [-0.2, 0) is 19.6 Å². The molecule has 328 valence electrons. The number of anilines is 2. The molecule has 17 heteroatoms. The first kappa shape index (κ1) is 48.9. The molecule has 0 unspecified atom stereocenters. The third-order valence-electron chi connectivity index (χ3n) is 8.87. The number of amides is 2. The van der Waals surface area contributed by atoms with Gasteiger partial charge in [-0.2, -0.15) is 10.2 Å². The van der Waals surface area contributed by atoms with Gasteiger partial charge in [0.15, 0.2) is 17.7 Å². The van der Waals surface area contributed by atoms with E-state index in [4.69, 9.17) is 32.7 Å². The highest BCUT2D eigenvalue weighted by atomic mass is 35.5. The molecule has 0 aliphatic rings. The second-order valence-corrected chi connectivity index (χ2v) is 16.0. The van der Waals surface area contributed by atoms with E-state index in [9.17, 15) is 14.4 Å². The summed E-state index contributed by atoms with van der Waals surface area (Å²) in [6.07, 6.45) is 3.82. The van der Waals surface area contributed by atoms with Gasteiger partial charge in [-0.15, -0.1) is 12.4 Å². The number of benzene rings is 2. The molecule has 6 aromatic rings. The second kappa shape index (κ2) is 23.4. The van der Waals surface area contributed by atoms with Crippen molar-refractivity contribution in [1.82, 2.24) is 34.8 Å². The second-order valence-electron chi connectivity index (χ2n) is 15.2. The lowest BCUT2D eigenvalue weighted by atomic mass is 10.2. The van der Waals surface area contributed by atoms with Crippen LogP contribution in [0.15, 0.2) is 85.2 Å². The van der Waals surface area contributed by atoms with E-state index < -0.39 is 0 Å². The Kier molecular flexibility index (Phi) is 18.5. The molecule has 4 aromatic heterocycles. The van der Waals surface area contributed by atoms with Crippen molar-refractivity contribution in [1.29, 1.82) is 0 Å².